The summed E-state index contributed by atoms with van der Waals surface area (Å²) in [5.41, 5.74) is 7.28. The molecule has 0 bridgehead atoms. The predicted molar refractivity (Wildman–Crippen MR) is 76.0 cm³/mol. The molecule has 0 aromatic heterocycles. The summed E-state index contributed by atoms with van der Waals surface area (Å²) < 4.78 is 1.13. The third kappa shape index (κ3) is 4.09. The van der Waals surface area contributed by atoms with Crippen LogP contribution in [0.4, 0.5) is 0 Å². The molecule has 0 radical (unpaired) electrons. The van der Waals surface area contributed by atoms with E-state index in [1.54, 1.807) is 0 Å². The second-order valence-corrected chi connectivity index (χ2v) is 6.31. The van der Waals surface area contributed by atoms with Gasteiger partial charge in [0.1, 0.15) is 0 Å². The summed E-state index contributed by atoms with van der Waals surface area (Å²) in [5.74, 6) is 0.894. The normalized spacial score (nSPS) is 19.0. The Morgan fingerprint density at radius 3 is 2.53 bits per heavy atom. The number of hydrogen-bond donors (Lipinski definition) is 2. The minimum absolute atomic E-state index is 0.0242. The van der Waals surface area contributed by atoms with Crippen molar-refractivity contribution in [2.45, 2.75) is 31.7 Å². The molecular weight excluding hydrogens is 276 g/mol. The van der Waals surface area contributed by atoms with Crippen molar-refractivity contribution < 1.29 is 0 Å². The van der Waals surface area contributed by atoms with Crippen molar-refractivity contribution in [1.29, 1.82) is 0 Å². The van der Waals surface area contributed by atoms with E-state index in [0.717, 1.165) is 23.4 Å². The second kappa shape index (κ2) is 5.51. The van der Waals surface area contributed by atoms with E-state index < -0.39 is 0 Å². The molecule has 3 heteroatoms. The average Bonchev–Trinajstić information content (AvgIpc) is 3.14. The lowest BCUT2D eigenvalue weighted by atomic mass is 9.92. The second-order valence-electron chi connectivity index (χ2n) is 5.39. The van der Waals surface area contributed by atoms with Crippen LogP contribution < -0.4 is 11.1 Å². The van der Waals surface area contributed by atoms with Crippen molar-refractivity contribution >= 4 is 15.9 Å². The number of nitrogens with two attached hydrogens (primary N) is 1. The van der Waals surface area contributed by atoms with Gasteiger partial charge in [-0.05, 0) is 56.3 Å². The van der Waals surface area contributed by atoms with Gasteiger partial charge in [-0.15, -0.1) is 0 Å². The molecule has 1 atom stereocenters. The van der Waals surface area contributed by atoms with Gasteiger partial charge < -0.3 is 11.1 Å². The molecule has 1 unspecified atom stereocenters. The fourth-order valence-corrected chi connectivity index (χ4v) is 2.24. The molecule has 0 amide bonds. The summed E-state index contributed by atoms with van der Waals surface area (Å²) in [6.45, 7) is 4.01. The first-order valence-corrected chi connectivity index (χ1v) is 7.10. The Kier molecular flexibility index (Phi) is 4.23. The Morgan fingerprint density at radius 2 is 2.00 bits per heavy atom. The van der Waals surface area contributed by atoms with Gasteiger partial charge in [0.25, 0.3) is 0 Å². The van der Waals surface area contributed by atoms with Crippen LogP contribution in [0.1, 0.15) is 25.3 Å². The maximum Gasteiger partial charge on any atom is 0.0316 e. The van der Waals surface area contributed by atoms with Crippen molar-refractivity contribution in [3.05, 3.63) is 34.3 Å². The van der Waals surface area contributed by atoms with E-state index in [1.807, 2.05) is 0 Å². The van der Waals surface area contributed by atoms with E-state index in [4.69, 9.17) is 5.73 Å². The third-order valence-corrected chi connectivity index (χ3v) is 4.00. The Labute approximate surface area is 112 Å². The lowest BCUT2D eigenvalue weighted by molar-refractivity contribution is 0.355. The first-order chi connectivity index (χ1) is 8.11. The summed E-state index contributed by atoms with van der Waals surface area (Å²) in [6.07, 6.45) is 3.75. The highest BCUT2D eigenvalue weighted by molar-refractivity contribution is 9.10. The van der Waals surface area contributed by atoms with E-state index in [2.05, 4.69) is 52.4 Å². The Balaban J connectivity index is 1.94. The highest BCUT2D eigenvalue weighted by Gasteiger charge is 2.27. The predicted octanol–water partition coefficient (Wildman–Crippen LogP) is 2.71. The van der Waals surface area contributed by atoms with Gasteiger partial charge in [0.15, 0.2) is 0 Å². The van der Waals surface area contributed by atoms with Crippen LogP contribution in [0, 0.1) is 5.92 Å². The van der Waals surface area contributed by atoms with Gasteiger partial charge in [0.2, 0.25) is 0 Å². The lowest BCUT2D eigenvalue weighted by Crippen LogP contribution is -2.51. The number of rotatable bonds is 6. The third-order valence-electron chi connectivity index (χ3n) is 3.47. The maximum atomic E-state index is 5.92. The largest absolute Gasteiger partial charge is 0.329 e. The SMILES string of the molecule is CC(CN)(Cc1ccc(Br)cc1)NCC1CC1. The summed E-state index contributed by atoms with van der Waals surface area (Å²) in [7, 11) is 0. The zero-order valence-corrected chi connectivity index (χ0v) is 12.0. The van der Waals surface area contributed by atoms with Crippen LogP contribution in [0.15, 0.2) is 28.7 Å². The zero-order chi connectivity index (χ0) is 12.3. The molecule has 0 saturated heterocycles. The molecule has 0 heterocycles. The van der Waals surface area contributed by atoms with Crippen LogP contribution in [-0.2, 0) is 6.42 Å². The van der Waals surface area contributed by atoms with Gasteiger partial charge >= 0.3 is 0 Å². The topological polar surface area (TPSA) is 38.0 Å². The molecule has 1 aliphatic carbocycles. The fraction of sp³-hybridized carbons (Fsp3) is 0.571. The maximum absolute atomic E-state index is 5.92. The number of nitrogens with one attached hydrogen (secondary N) is 1. The highest BCUT2D eigenvalue weighted by Crippen LogP contribution is 2.28. The minimum atomic E-state index is 0.0242. The number of halogens is 1. The molecule has 3 N–H and O–H groups in total. The lowest BCUT2D eigenvalue weighted by Gasteiger charge is -2.30. The van der Waals surface area contributed by atoms with Gasteiger partial charge in [-0.2, -0.15) is 0 Å². The van der Waals surface area contributed by atoms with E-state index in [-0.39, 0.29) is 5.54 Å². The molecule has 1 aliphatic rings. The molecule has 1 aromatic rings. The summed E-state index contributed by atoms with van der Waals surface area (Å²) >= 11 is 3.46. The van der Waals surface area contributed by atoms with Crippen LogP contribution in [-0.4, -0.2) is 18.6 Å². The van der Waals surface area contributed by atoms with Gasteiger partial charge in [-0.3, -0.25) is 0 Å². The van der Waals surface area contributed by atoms with Gasteiger partial charge in [0, 0.05) is 16.6 Å². The first kappa shape index (κ1) is 13.1. The van der Waals surface area contributed by atoms with Crippen LogP contribution in [0.2, 0.25) is 0 Å². The van der Waals surface area contributed by atoms with E-state index in [1.165, 1.54) is 18.4 Å². The smallest absolute Gasteiger partial charge is 0.0316 e. The monoisotopic (exact) mass is 296 g/mol. The number of hydrogen-bond acceptors (Lipinski definition) is 2. The molecule has 1 aromatic carbocycles. The molecule has 17 heavy (non-hydrogen) atoms. The minimum Gasteiger partial charge on any atom is -0.329 e. The van der Waals surface area contributed by atoms with Crippen molar-refractivity contribution in [2.24, 2.45) is 11.7 Å². The molecule has 1 saturated carbocycles. The molecule has 2 nitrogen and oxygen atoms in total. The van der Waals surface area contributed by atoms with Crippen molar-refractivity contribution in [1.82, 2.24) is 5.32 Å². The van der Waals surface area contributed by atoms with Crippen LogP contribution in [0.25, 0.3) is 0 Å². The zero-order valence-electron chi connectivity index (χ0n) is 10.4. The van der Waals surface area contributed by atoms with Crippen molar-refractivity contribution in [3.8, 4) is 0 Å². The van der Waals surface area contributed by atoms with E-state index in [9.17, 15) is 0 Å². The number of benzene rings is 1. The van der Waals surface area contributed by atoms with Gasteiger partial charge in [0.05, 0.1) is 0 Å². The Hall–Kier alpha value is -0.380. The molecule has 0 spiro atoms. The molecule has 1 fully saturated rings. The Morgan fingerprint density at radius 1 is 1.35 bits per heavy atom. The molecular formula is C14H21BrN2. The molecule has 2 rings (SSSR count). The standard InChI is InChI=1S/C14H21BrN2/c1-14(10-16,17-9-12-2-3-12)8-11-4-6-13(15)7-5-11/h4-7,12,17H,2-3,8-10,16H2,1H3. The van der Waals surface area contributed by atoms with Crippen LogP contribution >= 0.6 is 15.9 Å². The summed E-state index contributed by atoms with van der Waals surface area (Å²) in [4.78, 5) is 0. The van der Waals surface area contributed by atoms with Crippen molar-refractivity contribution in [3.63, 3.8) is 0 Å². The summed E-state index contributed by atoms with van der Waals surface area (Å²) in [6, 6.07) is 8.51. The fourth-order valence-electron chi connectivity index (χ4n) is 1.97. The van der Waals surface area contributed by atoms with Gasteiger partial charge in [-0.1, -0.05) is 28.1 Å². The van der Waals surface area contributed by atoms with E-state index >= 15 is 0 Å². The average molecular weight is 297 g/mol. The molecule has 0 aliphatic heterocycles. The summed E-state index contributed by atoms with van der Waals surface area (Å²) in [5, 5.41) is 3.63. The van der Waals surface area contributed by atoms with Crippen LogP contribution in [0.5, 0.6) is 0 Å². The quantitative estimate of drug-likeness (QED) is 0.847. The van der Waals surface area contributed by atoms with Gasteiger partial charge in [-0.25, -0.2) is 0 Å². The van der Waals surface area contributed by atoms with E-state index in [0.29, 0.717) is 6.54 Å². The molecule has 94 valence electrons. The first-order valence-electron chi connectivity index (χ1n) is 6.31. The highest BCUT2D eigenvalue weighted by atomic mass is 79.9. The van der Waals surface area contributed by atoms with Crippen molar-refractivity contribution in [2.75, 3.05) is 13.1 Å². The van der Waals surface area contributed by atoms with Crippen LogP contribution in [0.3, 0.4) is 0 Å². The Bertz CT molecular complexity index is 359.